The lowest BCUT2D eigenvalue weighted by Gasteiger charge is -2.18. The SMILES string of the molecule is CC(C)CCNC(=O)c1csc2c1CC[C@H](C)C2. The first-order valence-corrected chi connectivity index (χ1v) is 7.83. The zero-order valence-electron chi connectivity index (χ0n) is 11.6. The molecule has 1 aromatic heterocycles. The van der Waals surface area contributed by atoms with Gasteiger partial charge in [-0.2, -0.15) is 0 Å². The fourth-order valence-electron chi connectivity index (χ4n) is 2.44. The second kappa shape index (κ2) is 5.87. The van der Waals surface area contributed by atoms with Crippen LogP contribution in [0.3, 0.4) is 0 Å². The molecule has 1 amide bonds. The highest BCUT2D eigenvalue weighted by molar-refractivity contribution is 7.10. The Balaban J connectivity index is 1.99. The minimum atomic E-state index is 0.128. The van der Waals surface area contributed by atoms with E-state index in [1.807, 2.05) is 5.38 Å². The summed E-state index contributed by atoms with van der Waals surface area (Å²) >= 11 is 1.76. The number of thiophene rings is 1. The topological polar surface area (TPSA) is 29.1 Å². The van der Waals surface area contributed by atoms with Gasteiger partial charge >= 0.3 is 0 Å². The van der Waals surface area contributed by atoms with E-state index in [0.29, 0.717) is 5.92 Å². The largest absolute Gasteiger partial charge is 0.352 e. The van der Waals surface area contributed by atoms with Crippen molar-refractivity contribution in [3.8, 4) is 0 Å². The molecule has 3 heteroatoms. The van der Waals surface area contributed by atoms with Gasteiger partial charge in [-0.1, -0.05) is 20.8 Å². The number of nitrogens with one attached hydrogen (secondary N) is 1. The number of hydrogen-bond acceptors (Lipinski definition) is 2. The maximum atomic E-state index is 12.1. The van der Waals surface area contributed by atoms with E-state index in [2.05, 4.69) is 26.1 Å². The number of rotatable bonds is 4. The van der Waals surface area contributed by atoms with E-state index in [-0.39, 0.29) is 5.91 Å². The molecule has 18 heavy (non-hydrogen) atoms. The predicted octanol–water partition coefficient (Wildman–Crippen LogP) is 3.65. The molecule has 1 aromatic rings. The molecule has 0 spiro atoms. The van der Waals surface area contributed by atoms with Gasteiger partial charge in [-0.25, -0.2) is 0 Å². The van der Waals surface area contributed by atoms with Crippen LogP contribution in [0.5, 0.6) is 0 Å². The molecule has 2 nitrogen and oxygen atoms in total. The standard InChI is InChI=1S/C15H23NOS/c1-10(2)6-7-16-15(17)13-9-18-14-8-11(3)4-5-12(13)14/h9-11H,4-8H2,1-3H3,(H,16,17)/t11-/m0/s1. The summed E-state index contributed by atoms with van der Waals surface area (Å²) < 4.78 is 0. The number of carbonyl (C=O) groups excluding carboxylic acids is 1. The van der Waals surface area contributed by atoms with E-state index >= 15 is 0 Å². The fraction of sp³-hybridized carbons (Fsp3) is 0.667. The van der Waals surface area contributed by atoms with E-state index in [0.717, 1.165) is 37.3 Å². The van der Waals surface area contributed by atoms with Crippen molar-refractivity contribution in [2.75, 3.05) is 6.54 Å². The number of amides is 1. The Morgan fingerprint density at radius 1 is 1.56 bits per heavy atom. The first kappa shape index (κ1) is 13.6. The predicted molar refractivity (Wildman–Crippen MR) is 77.3 cm³/mol. The quantitative estimate of drug-likeness (QED) is 0.884. The summed E-state index contributed by atoms with van der Waals surface area (Å²) in [6, 6.07) is 0. The minimum absolute atomic E-state index is 0.128. The van der Waals surface area contributed by atoms with Crippen molar-refractivity contribution in [2.24, 2.45) is 11.8 Å². The van der Waals surface area contributed by atoms with Gasteiger partial charge < -0.3 is 5.32 Å². The Morgan fingerprint density at radius 3 is 3.06 bits per heavy atom. The molecule has 0 aromatic carbocycles. The molecule has 1 aliphatic carbocycles. The summed E-state index contributed by atoms with van der Waals surface area (Å²) in [5, 5.41) is 5.09. The first-order valence-electron chi connectivity index (χ1n) is 6.95. The molecule has 0 radical (unpaired) electrons. The highest BCUT2D eigenvalue weighted by atomic mass is 32.1. The zero-order chi connectivity index (χ0) is 13.1. The zero-order valence-corrected chi connectivity index (χ0v) is 12.4. The molecule has 1 aliphatic rings. The highest BCUT2D eigenvalue weighted by Crippen LogP contribution is 2.32. The molecule has 1 atom stereocenters. The van der Waals surface area contributed by atoms with Crippen molar-refractivity contribution < 1.29 is 4.79 Å². The van der Waals surface area contributed by atoms with Gasteiger partial charge in [0.2, 0.25) is 0 Å². The normalized spacial score (nSPS) is 18.8. The molecule has 2 rings (SSSR count). The molecular formula is C15H23NOS. The van der Waals surface area contributed by atoms with E-state index in [1.165, 1.54) is 16.9 Å². The summed E-state index contributed by atoms with van der Waals surface area (Å²) in [4.78, 5) is 13.6. The molecule has 100 valence electrons. The Morgan fingerprint density at radius 2 is 2.33 bits per heavy atom. The summed E-state index contributed by atoms with van der Waals surface area (Å²) in [5.74, 6) is 1.54. The van der Waals surface area contributed by atoms with E-state index in [9.17, 15) is 4.79 Å². The maximum Gasteiger partial charge on any atom is 0.252 e. The van der Waals surface area contributed by atoms with Crippen molar-refractivity contribution >= 4 is 17.2 Å². The molecule has 0 bridgehead atoms. The van der Waals surface area contributed by atoms with Gasteiger partial charge in [0.1, 0.15) is 0 Å². The van der Waals surface area contributed by atoms with Crippen molar-refractivity contribution in [1.82, 2.24) is 5.32 Å². The van der Waals surface area contributed by atoms with Crippen LogP contribution in [0.2, 0.25) is 0 Å². The fourth-order valence-corrected chi connectivity index (χ4v) is 3.68. The first-order chi connectivity index (χ1) is 8.58. The molecule has 0 saturated heterocycles. The van der Waals surface area contributed by atoms with E-state index in [1.54, 1.807) is 11.3 Å². The van der Waals surface area contributed by atoms with Gasteiger partial charge in [0, 0.05) is 16.8 Å². The van der Waals surface area contributed by atoms with Crippen LogP contribution in [0.1, 0.15) is 54.4 Å². The van der Waals surface area contributed by atoms with Crippen LogP contribution in [0.25, 0.3) is 0 Å². The summed E-state index contributed by atoms with van der Waals surface area (Å²) in [6.45, 7) is 7.45. The van der Waals surface area contributed by atoms with Crippen LogP contribution in [-0.2, 0) is 12.8 Å². The molecule has 0 aliphatic heterocycles. The van der Waals surface area contributed by atoms with Crippen molar-refractivity contribution in [3.63, 3.8) is 0 Å². The van der Waals surface area contributed by atoms with E-state index < -0.39 is 0 Å². The Labute approximate surface area is 114 Å². The third kappa shape index (κ3) is 3.14. The third-order valence-corrected chi connectivity index (χ3v) is 4.70. The molecular weight excluding hydrogens is 242 g/mol. The second-order valence-electron chi connectivity index (χ2n) is 5.84. The third-order valence-electron chi connectivity index (χ3n) is 3.65. The Bertz CT molecular complexity index is 422. The Hall–Kier alpha value is -0.830. The maximum absolute atomic E-state index is 12.1. The number of fused-ring (bicyclic) bond motifs is 1. The van der Waals surface area contributed by atoms with Crippen LogP contribution >= 0.6 is 11.3 Å². The highest BCUT2D eigenvalue weighted by Gasteiger charge is 2.22. The van der Waals surface area contributed by atoms with Crippen LogP contribution in [0.15, 0.2) is 5.38 Å². The molecule has 1 heterocycles. The number of hydrogen-bond donors (Lipinski definition) is 1. The lowest BCUT2D eigenvalue weighted by Crippen LogP contribution is -2.26. The van der Waals surface area contributed by atoms with Gasteiger partial charge in [0.05, 0.1) is 5.56 Å². The number of carbonyl (C=O) groups is 1. The van der Waals surface area contributed by atoms with Gasteiger partial charge in [0.15, 0.2) is 0 Å². The van der Waals surface area contributed by atoms with Crippen molar-refractivity contribution in [1.29, 1.82) is 0 Å². The molecule has 0 unspecified atom stereocenters. The Kier molecular flexibility index (Phi) is 4.44. The minimum Gasteiger partial charge on any atom is -0.352 e. The summed E-state index contributed by atoms with van der Waals surface area (Å²) in [7, 11) is 0. The second-order valence-corrected chi connectivity index (χ2v) is 6.80. The van der Waals surface area contributed by atoms with Crippen LogP contribution in [-0.4, -0.2) is 12.5 Å². The molecule has 0 saturated carbocycles. The summed E-state index contributed by atoms with van der Waals surface area (Å²) in [6.07, 6.45) is 4.50. The van der Waals surface area contributed by atoms with Crippen LogP contribution in [0, 0.1) is 11.8 Å². The van der Waals surface area contributed by atoms with Gasteiger partial charge in [-0.3, -0.25) is 4.79 Å². The van der Waals surface area contributed by atoms with Crippen molar-refractivity contribution in [3.05, 3.63) is 21.4 Å². The molecule has 1 N–H and O–H groups in total. The lowest BCUT2D eigenvalue weighted by atomic mass is 9.88. The monoisotopic (exact) mass is 265 g/mol. The van der Waals surface area contributed by atoms with Gasteiger partial charge in [-0.15, -0.1) is 11.3 Å². The van der Waals surface area contributed by atoms with Gasteiger partial charge in [0.25, 0.3) is 5.91 Å². The van der Waals surface area contributed by atoms with E-state index in [4.69, 9.17) is 0 Å². The molecule has 0 fully saturated rings. The lowest BCUT2D eigenvalue weighted by molar-refractivity contribution is 0.0951. The van der Waals surface area contributed by atoms with Crippen molar-refractivity contribution in [2.45, 2.75) is 46.5 Å². The smallest absolute Gasteiger partial charge is 0.252 e. The van der Waals surface area contributed by atoms with Crippen LogP contribution in [0.4, 0.5) is 0 Å². The average molecular weight is 265 g/mol. The average Bonchev–Trinajstić information content (AvgIpc) is 2.71. The summed E-state index contributed by atoms with van der Waals surface area (Å²) in [5.41, 5.74) is 2.26. The van der Waals surface area contributed by atoms with Gasteiger partial charge in [-0.05, 0) is 43.1 Å². The van der Waals surface area contributed by atoms with Crippen LogP contribution < -0.4 is 5.32 Å².